The van der Waals surface area contributed by atoms with Crippen LogP contribution in [0.4, 0.5) is 25.2 Å². The molecular weight excluding hydrogens is 795 g/mol. The van der Waals surface area contributed by atoms with E-state index in [1.54, 1.807) is 42.7 Å². The molecule has 0 aromatic heterocycles. The van der Waals surface area contributed by atoms with Crippen molar-refractivity contribution in [2.24, 2.45) is 0 Å². The van der Waals surface area contributed by atoms with Gasteiger partial charge in [-0.3, -0.25) is 0 Å². The third kappa shape index (κ3) is 18.9. The molecule has 59 heavy (non-hydrogen) atoms. The van der Waals surface area contributed by atoms with Crippen LogP contribution in [-0.2, 0) is 9.47 Å². The van der Waals surface area contributed by atoms with Crippen LogP contribution < -0.4 is 18.9 Å². The second-order valence-electron chi connectivity index (χ2n) is 14.6. The maximum absolute atomic E-state index is 10.7. The minimum atomic E-state index is -10.7. The van der Waals surface area contributed by atoms with Gasteiger partial charge in [0.15, 0.2) is 0 Å². The van der Waals surface area contributed by atoms with Crippen LogP contribution in [0, 0.1) is 0 Å². The van der Waals surface area contributed by atoms with Crippen molar-refractivity contribution in [2.75, 3.05) is 55.7 Å². The number of hydrogen-bond acceptors (Lipinski definition) is 6. The summed E-state index contributed by atoms with van der Waals surface area (Å²) in [6, 6.07) is 11.6. The molecule has 1 aliphatic rings. The standard InChI is InChI=1S/C45H68NO6.F6P/c1-9-11-13-15-17-19-21-23-31-46(32-24-22-20-18-16-14-12-10-2)35-33-40(51-7)44(41(34-35)52-8)45(42-36(47-3)27-25-28-37(42)48-4)43-38(49-5)29-26-30-39(43)50-6;1-7(2,3,4,5)6/h25-30,33-34H,9-24,31-32H2,1-8H3;/q+1;-1. The van der Waals surface area contributed by atoms with Crippen molar-refractivity contribution in [1.82, 2.24) is 0 Å². The summed E-state index contributed by atoms with van der Waals surface area (Å²) in [5.74, 6) is 3.93. The Hall–Kier alpha value is -3.86. The van der Waals surface area contributed by atoms with Gasteiger partial charge in [0.05, 0.1) is 71.5 Å². The first kappa shape index (κ1) is 51.3. The first-order valence-electron chi connectivity index (χ1n) is 20.9. The number of unbranched alkanes of at least 4 members (excludes halogenated alkanes) is 14. The summed E-state index contributed by atoms with van der Waals surface area (Å²) in [5, 5.41) is 0. The Morgan fingerprint density at radius 2 is 0.746 bits per heavy atom. The van der Waals surface area contributed by atoms with Gasteiger partial charge >= 0.3 is 33.0 Å². The average Bonchev–Trinajstić information content (AvgIpc) is 3.20. The third-order valence-electron chi connectivity index (χ3n) is 10.0. The summed E-state index contributed by atoms with van der Waals surface area (Å²) in [6.07, 6.45) is 25.0. The topological polar surface area (TPSA) is 58.4 Å². The fraction of sp³-hybridized carbons (Fsp3) is 0.578. The van der Waals surface area contributed by atoms with Crippen LogP contribution in [0.15, 0.2) is 65.6 Å². The number of benzene rings is 2. The molecule has 14 heteroatoms. The molecule has 0 heterocycles. The molecule has 0 atom stereocenters. The predicted molar refractivity (Wildman–Crippen MR) is 229 cm³/mol. The molecule has 0 fully saturated rings. The molecule has 0 N–H and O–H groups in total. The van der Waals surface area contributed by atoms with E-state index in [1.165, 1.54) is 89.9 Å². The minimum absolute atomic E-state index is 0.640. The molecule has 0 radical (unpaired) electrons. The summed E-state index contributed by atoms with van der Waals surface area (Å²) in [7, 11) is -0.541. The van der Waals surface area contributed by atoms with Gasteiger partial charge in [-0.05, 0) is 37.1 Å². The first-order valence-corrected chi connectivity index (χ1v) is 22.9. The molecule has 0 amide bonds. The van der Waals surface area contributed by atoms with Gasteiger partial charge in [0.25, 0.3) is 0 Å². The zero-order chi connectivity index (χ0) is 44.0. The van der Waals surface area contributed by atoms with Gasteiger partial charge in [-0.25, -0.2) is 4.58 Å². The van der Waals surface area contributed by atoms with Crippen molar-refractivity contribution in [3.63, 3.8) is 0 Å². The van der Waals surface area contributed by atoms with E-state index in [0.717, 1.165) is 53.9 Å². The molecule has 336 valence electrons. The Bertz CT molecular complexity index is 1560. The number of methoxy groups -OCH3 is 6. The number of rotatable bonds is 26. The Balaban J connectivity index is 0.00000157. The van der Waals surface area contributed by atoms with Crippen molar-refractivity contribution >= 4 is 19.1 Å². The molecular formula is C45H68F6NO6P. The predicted octanol–water partition coefficient (Wildman–Crippen LogP) is 14.7. The van der Waals surface area contributed by atoms with Gasteiger partial charge in [0.1, 0.15) is 47.6 Å². The molecule has 3 rings (SSSR count). The number of nitrogens with zero attached hydrogens (tertiary/aromatic N) is 1. The summed E-state index contributed by atoms with van der Waals surface area (Å²) in [6.45, 7) is 6.55. The Labute approximate surface area is 348 Å². The molecule has 0 saturated carbocycles. The normalized spacial score (nSPS) is 13.9. The van der Waals surface area contributed by atoms with Crippen molar-refractivity contribution in [1.29, 1.82) is 0 Å². The molecule has 0 saturated heterocycles. The molecule has 0 bridgehead atoms. The van der Waals surface area contributed by atoms with Crippen LogP contribution >= 0.6 is 7.81 Å². The number of hydrogen-bond donors (Lipinski definition) is 0. The Morgan fingerprint density at radius 1 is 0.458 bits per heavy atom. The molecule has 0 spiro atoms. The first-order chi connectivity index (χ1) is 28.0. The zero-order valence-electron chi connectivity index (χ0n) is 36.5. The van der Waals surface area contributed by atoms with E-state index in [1.807, 2.05) is 36.4 Å². The van der Waals surface area contributed by atoms with Crippen LogP contribution in [0.25, 0.3) is 5.57 Å². The van der Waals surface area contributed by atoms with Crippen molar-refractivity contribution in [3.8, 4) is 23.0 Å². The number of halogens is 6. The molecule has 2 aromatic rings. The van der Waals surface area contributed by atoms with Gasteiger partial charge in [-0.1, -0.05) is 103 Å². The summed E-state index contributed by atoms with van der Waals surface area (Å²) in [4.78, 5) is 0. The van der Waals surface area contributed by atoms with E-state index in [4.69, 9.17) is 28.4 Å². The van der Waals surface area contributed by atoms with Gasteiger partial charge < -0.3 is 28.4 Å². The van der Waals surface area contributed by atoms with Crippen molar-refractivity contribution < 1.29 is 58.2 Å². The molecule has 0 unspecified atom stereocenters. The van der Waals surface area contributed by atoms with Crippen LogP contribution in [0.3, 0.4) is 0 Å². The summed E-state index contributed by atoms with van der Waals surface area (Å²) >= 11 is 0. The zero-order valence-corrected chi connectivity index (χ0v) is 37.4. The van der Waals surface area contributed by atoms with E-state index < -0.39 is 7.81 Å². The van der Waals surface area contributed by atoms with Crippen LogP contribution in [0.2, 0.25) is 0 Å². The second-order valence-corrected chi connectivity index (χ2v) is 16.5. The fourth-order valence-electron chi connectivity index (χ4n) is 7.14. The molecule has 1 aliphatic carbocycles. The SMILES string of the molecule is CCCCCCCCCC[N+](CCCCCCCCCC)=C1C=C(OC)C(=C(c2c(OC)cccc2OC)c2c(OC)cccc2OC)C(OC)=C1.F[P-](F)(F)(F)(F)F. The molecule has 2 aromatic carbocycles. The third-order valence-corrected chi connectivity index (χ3v) is 10.0. The molecule has 7 nitrogen and oxygen atoms in total. The average molecular weight is 864 g/mol. The molecule has 0 aliphatic heterocycles. The second kappa shape index (κ2) is 24.4. The van der Waals surface area contributed by atoms with Crippen molar-refractivity contribution in [2.45, 2.75) is 117 Å². The van der Waals surface area contributed by atoms with Gasteiger partial charge in [0, 0.05) is 18.4 Å². The summed E-state index contributed by atoms with van der Waals surface area (Å²) in [5.41, 5.74) is 4.12. The van der Waals surface area contributed by atoms with Gasteiger partial charge in [0.2, 0.25) is 5.71 Å². The Kier molecular flexibility index (Phi) is 21.2. The number of allylic oxidation sites excluding steroid dienone is 2. The van der Waals surface area contributed by atoms with Crippen LogP contribution in [0.5, 0.6) is 23.0 Å². The maximum atomic E-state index is 9.87. The Morgan fingerprint density at radius 3 is 1.02 bits per heavy atom. The van der Waals surface area contributed by atoms with Crippen molar-refractivity contribution in [3.05, 3.63) is 76.8 Å². The summed E-state index contributed by atoms with van der Waals surface area (Å²) < 4.78 is 98.2. The fourth-order valence-corrected chi connectivity index (χ4v) is 7.14. The van der Waals surface area contributed by atoms with E-state index in [9.17, 15) is 25.2 Å². The van der Waals surface area contributed by atoms with Crippen LogP contribution in [0.1, 0.15) is 128 Å². The van der Waals surface area contributed by atoms with Crippen LogP contribution in [-0.4, -0.2) is 66.0 Å². The van der Waals surface area contributed by atoms with E-state index in [2.05, 4.69) is 30.6 Å². The quantitative estimate of drug-likeness (QED) is 0.0406. The number of ether oxygens (including phenoxy) is 6. The van der Waals surface area contributed by atoms with E-state index >= 15 is 0 Å². The van der Waals surface area contributed by atoms with E-state index in [-0.39, 0.29) is 0 Å². The monoisotopic (exact) mass is 863 g/mol. The van der Waals surface area contributed by atoms with E-state index in [0.29, 0.717) is 34.5 Å². The van der Waals surface area contributed by atoms with Gasteiger partial charge in [-0.2, -0.15) is 0 Å². The van der Waals surface area contributed by atoms with Gasteiger partial charge in [-0.15, -0.1) is 0 Å².